The van der Waals surface area contributed by atoms with Crippen LogP contribution in [0.5, 0.6) is 5.75 Å². The number of methoxy groups -OCH3 is 1. The SMILES string of the molecule is COc1ccc(CC(CBr)C2CCCC2)cc1F. The molecule has 2 rings (SSSR count). The van der Waals surface area contributed by atoms with Gasteiger partial charge in [-0.2, -0.15) is 0 Å². The van der Waals surface area contributed by atoms with Crippen molar-refractivity contribution < 1.29 is 9.13 Å². The van der Waals surface area contributed by atoms with E-state index in [1.807, 2.05) is 6.07 Å². The molecule has 0 amide bonds. The number of alkyl halides is 1. The highest BCUT2D eigenvalue weighted by molar-refractivity contribution is 9.09. The predicted octanol–water partition coefficient (Wildman–Crippen LogP) is 4.58. The Morgan fingerprint density at radius 3 is 2.67 bits per heavy atom. The summed E-state index contributed by atoms with van der Waals surface area (Å²) in [5, 5.41) is 1.01. The van der Waals surface area contributed by atoms with E-state index in [9.17, 15) is 4.39 Å². The molecule has 0 bridgehead atoms. The fourth-order valence-corrected chi connectivity index (χ4v) is 3.67. The number of halogens is 2. The summed E-state index contributed by atoms with van der Waals surface area (Å²) in [6, 6.07) is 5.32. The molecular weight excluding hydrogens is 295 g/mol. The number of ether oxygens (including phenoxy) is 1. The van der Waals surface area contributed by atoms with E-state index >= 15 is 0 Å². The first kappa shape index (κ1) is 13.9. The van der Waals surface area contributed by atoms with Gasteiger partial charge in [-0.05, 0) is 36.0 Å². The van der Waals surface area contributed by atoms with Crippen LogP contribution in [0.1, 0.15) is 31.2 Å². The third-order valence-corrected chi connectivity index (χ3v) is 4.81. The van der Waals surface area contributed by atoms with Crippen molar-refractivity contribution in [2.24, 2.45) is 11.8 Å². The molecular formula is C15H20BrFO. The van der Waals surface area contributed by atoms with Gasteiger partial charge in [0, 0.05) is 5.33 Å². The van der Waals surface area contributed by atoms with Gasteiger partial charge in [-0.25, -0.2) is 4.39 Å². The minimum Gasteiger partial charge on any atom is -0.494 e. The molecule has 0 aromatic heterocycles. The maximum absolute atomic E-state index is 13.6. The molecule has 100 valence electrons. The normalized spacial score (nSPS) is 17.9. The van der Waals surface area contributed by atoms with E-state index in [2.05, 4.69) is 15.9 Å². The quantitative estimate of drug-likeness (QED) is 0.723. The smallest absolute Gasteiger partial charge is 0.165 e. The molecule has 1 aliphatic rings. The molecule has 0 N–H and O–H groups in total. The molecule has 1 atom stereocenters. The van der Waals surface area contributed by atoms with Gasteiger partial charge in [0.15, 0.2) is 11.6 Å². The Bertz CT molecular complexity index is 388. The maximum Gasteiger partial charge on any atom is 0.165 e. The lowest BCUT2D eigenvalue weighted by Crippen LogP contribution is -2.16. The topological polar surface area (TPSA) is 9.23 Å². The lowest BCUT2D eigenvalue weighted by molar-refractivity contribution is 0.369. The Morgan fingerprint density at radius 2 is 2.11 bits per heavy atom. The van der Waals surface area contributed by atoms with Crippen LogP contribution in [-0.2, 0) is 6.42 Å². The number of hydrogen-bond acceptors (Lipinski definition) is 1. The Kier molecular flexibility index (Phi) is 5.04. The summed E-state index contributed by atoms with van der Waals surface area (Å²) in [6.45, 7) is 0. The van der Waals surface area contributed by atoms with Crippen LogP contribution in [0, 0.1) is 17.7 Å². The summed E-state index contributed by atoms with van der Waals surface area (Å²) in [7, 11) is 1.50. The molecule has 0 heterocycles. The molecule has 0 aliphatic heterocycles. The average Bonchev–Trinajstić information content (AvgIpc) is 2.90. The lowest BCUT2D eigenvalue weighted by atomic mass is 9.87. The van der Waals surface area contributed by atoms with Crippen LogP contribution in [0.2, 0.25) is 0 Å². The van der Waals surface area contributed by atoms with E-state index in [0.29, 0.717) is 11.7 Å². The fraction of sp³-hybridized carbons (Fsp3) is 0.600. The predicted molar refractivity (Wildman–Crippen MR) is 75.9 cm³/mol. The molecule has 3 heteroatoms. The molecule has 1 nitrogen and oxygen atoms in total. The Balaban J connectivity index is 2.04. The molecule has 1 aliphatic carbocycles. The molecule has 1 saturated carbocycles. The van der Waals surface area contributed by atoms with Gasteiger partial charge in [0.05, 0.1) is 7.11 Å². The van der Waals surface area contributed by atoms with Crippen molar-refractivity contribution in [1.82, 2.24) is 0 Å². The second-order valence-electron chi connectivity index (χ2n) is 5.13. The molecule has 0 saturated heterocycles. The van der Waals surface area contributed by atoms with Gasteiger partial charge in [0.25, 0.3) is 0 Å². The molecule has 0 radical (unpaired) electrons. The van der Waals surface area contributed by atoms with Crippen LogP contribution in [0.25, 0.3) is 0 Å². The third kappa shape index (κ3) is 3.25. The highest BCUT2D eigenvalue weighted by Crippen LogP contribution is 2.34. The largest absolute Gasteiger partial charge is 0.494 e. The summed E-state index contributed by atoms with van der Waals surface area (Å²) in [5.41, 5.74) is 1.07. The first-order valence-corrected chi connectivity index (χ1v) is 7.75. The minimum atomic E-state index is -0.255. The van der Waals surface area contributed by atoms with Crippen LogP contribution in [0.3, 0.4) is 0 Å². The van der Waals surface area contributed by atoms with E-state index in [0.717, 1.165) is 23.2 Å². The molecule has 1 aromatic rings. The molecule has 0 spiro atoms. The van der Waals surface area contributed by atoms with Crippen LogP contribution < -0.4 is 4.74 Å². The van der Waals surface area contributed by atoms with Gasteiger partial charge in [-0.3, -0.25) is 0 Å². The zero-order valence-electron chi connectivity index (χ0n) is 10.8. The standard InChI is InChI=1S/C15H20BrFO/c1-18-15-7-6-11(9-14(15)17)8-13(10-16)12-4-2-3-5-12/h6-7,9,12-13H,2-5,8,10H2,1H3. The number of rotatable bonds is 5. The van der Waals surface area contributed by atoms with Crippen molar-refractivity contribution in [2.75, 3.05) is 12.4 Å². The summed E-state index contributed by atoms with van der Waals surface area (Å²) >= 11 is 3.61. The van der Waals surface area contributed by atoms with E-state index in [1.165, 1.54) is 32.8 Å². The Hall–Kier alpha value is -0.570. The van der Waals surface area contributed by atoms with Gasteiger partial charge in [-0.1, -0.05) is 47.7 Å². The third-order valence-electron chi connectivity index (χ3n) is 3.98. The molecule has 18 heavy (non-hydrogen) atoms. The highest BCUT2D eigenvalue weighted by atomic mass is 79.9. The van der Waals surface area contributed by atoms with E-state index in [4.69, 9.17) is 4.74 Å². The van der Waals surface area contributed by atoms with Gasteiger partial charge >= 0.3 is 0 Å². The molecule has 1 aromatic carbocycles. The van der Waals surface area contributed by atoms with Crippen molar-refractivity contribution in [3.05, 3.63) is 29.6 Å². The number of benzene rings is 1. The second-order valence-corrected chi connectivity index (χ2v) is 5.78. The first-order chi connectivity index (χ1) is 8.74. The Labute approximate surface area is 117 Å². The first-order valence-electron chi connectivity index (χ1n) is 6.63. The summed E-state index contributed by atoms with van der Waals surface area (Å²) in [6.07, 6.45) is 6.32. The molecule has 1 fully saturated rings. The lowest BCUT2D eigenvalue weighted by Gasteiger charge is -2.21. The molecule has 1 unspecified atom stereocenters. The zero-order chi connectivity index (χ0) is 13.0. The van der Waals surface area contributed by atoms with E-state index in [1.54, 1.807) is 12.1 Å². The van der Waals surface area contributed by atoms with Crippen molar-refractivity contribution in [3.8, 4) is 5.75 Å². The summed E-state index contributed by atoms with van der Waals surface area (Å²) in [4.78, 5) is 0. The summed E-state index contributed by atoms with van der Waals surface area (Å²) in [5.74, 6) is 1.50. The van der Waals surface area contributed by atoms with Crippen molar-refractivity contribution in [3.63, 3.8) is 0 Å². The summed E-state index contributed by atoms with van der Waals surface area (Å²) < 4.78 is 18.6. The second kappa shape index (κ2) is 6.55. The number of hydrogen-bond donors (Lipinski definition) is 0. The van der Waals surface area contributed by atoms with Crippen LogP contribution in [-0.4, -0.2) is 12.4 Å². The monoisotopic (exact) mass is 314 g/mol. The van der Waals surface area contributed by atoms with Gasteiger partial charge in [0.1, 0.15) is 0 Å². The fourth-order valence-electron chi connectivity index (χ4n) is 2.92. The van der Waals surface area contributed by atoms with E-state index in [-0.39, 0.29) is 5.82 Å². The minimum absolute atomic E-state index is 0.255. The average molecular weight is 315 g/mol. The van der Waals surface area contributed by atoms with Crippen molar-refractivity contribution >= 4 is 15.9 Å². The van der Waals surface area contributed by atoms with Gasteiger partial charge in [0.2, 0.25) is 0 Å². The van der Waals surface area contributed by atoms with E-state index < -0.39 is 0 Å². The van der Waals surface area contributed by atoms with Gasteiger partial charge in [-0.15, -0.1) is 0 Å². The van der Waals surface area contributed by atoms with Crippen LogP contribution >= 0.6 is 15.9 Å². The zero-order valence-corrected chi connectivity index (χ0v) is 12.4. The van der Waals surface area contributed by atoms with Gasteiger partial charge < -0.3 is 4.74 Å². The maximum atomic E-state index is 13.6. The van der Waals surface area contributed by atoms with Crippen molar-refractivity contribution in [2.45, 2.75) is 32.1 Å². The Morgan fingerprint density at radius 1 is 1.39 bits per heavy atom. The van der Waals surface area contributed by atoms with Crippen molar-refractivity contribution in [1.29, 1.82) is 0 Å². The highest BCUT2D eigenvalue weighted by Gasteiger charge is 2.24. The van der Waals surface area contributed by atoms with Crippen LogP contribution in [0.15, 0.2) is 18.2 Å². The van der Waals surface area contributed by atoms with Crippen LogP contribution in [0.4, 0.5) is 4.39 Å².